The van der Waals surface area contributed by atoms with Gasteiger partial charge in [0.25, 0.3) is 0 Å². The first kappa shape index (κ1) is 35.0. The molecule has 0 saturated carbocycles. The Kier molecular flexibility index (Phi) is 10.5. The number of piperidine rings is 1. The summed E-state index contributed by atoms with van der Waals surface area (Å²) in [6.45, 7) is 17.9. The number of carbonyl (C=O) groups excluding carboxylic acids is 3. The topological polar surface area (TPSA) is 161 Å². The van der Waals surface area contributed by atoms with Crippen LogP contribution in [0, 0.1) is 17.8 Å². The second-order valence-corrected chi connectivity index (χ2v) is 15.9. The van der Waals surface area contributed by atoms with Crippen molar-refractivity contribution in [2.45, 2.75) is 103 Å². The molecule has 0 aliphatic carbocycles. The predicted molar refractivity (Wildman–Crippen MR) is 169 cm³/mol. The Morgan fingerprint density at radius 1 is 1.04 bits per heavy atom. The Balaban J connectivity index is 1.33. The van der Waals surface area contributed by atoms with Crippen LogP contribution in [0.1, 0.15) is 74.7 Å². The number of alkyl carbamates (subject to hydrolysis) is 1. The van der Waals surface area contributed by atoms with Crippen molar-refractivity contribution in [3.8, 4) is 0 Å². The molecule has 3 saturated heterocycles. The van der Waals surface area contributed by atoms with Gasteiger partial charge in [-0.1, -0.05) is 6.92 Å². The lowest BCUT2D eigenvalue weighted by molar-refractivity contribution is -0.163. The summed E-state index contributed by atoms with van der Waals surface area (Å²) in [6.07, 6.45) is 0.287. The molecule has 3 fully saturated rings. The number of carbonyl (C=O) groups is 4. The molecule has 0 aromatic heterocycles. The van der Waals surface area contributed by atoms with Crippen molar-refractivity contribution in [1.82, 2.24) is 20.0 Å². The molecule has 3 N–H and O–H groups in total. The Bertz CT molecular complexity index is 1230. The number of nitrogens with one attached hydrogen (secondary N) is 1. The molecule has 0 unspecified atom stereocenters. The van der Waals surface area contributed by atoms with Gasteiger partial charge in [-0.25, -0.2) is 14.4 Å². The molecule has 4 aliphatic heterocycles. The maximum Gasteiger partial charge on any atom is 0.437 e. The van der Waals surface area contributed by atoms with Gasteiger partial charge in [0.1, 0.15) is 16.9 Å². The zero-order valence-electron chi connectivity index (χ0n) is 27.7. The zero-order chi connectivity index (χ0) is 33.4. The summed E-state index contributed by atoms with van der Waals surface area (Å²) < 4.78 is 10.7. The van der Waals surface area contributed by atoms with Crippen LogP contribution in [0.5, 0.6) is 0 Å². The number of amides is 3. The number of rotatable bonds is 6. The lowest BCUT2D eigenvalue weighted by Gasteiger charge is -2.46. The van der Waals surface area contributed by atoms with E-state index in [2.05, 4.69) is 15.2 Å². The number of aliphatic imine (C=N–C) groups is 1. The molecule has 13 nitrogen and oxygen atoms in total. The van der Waals surface area contributed by atoms with Crippen molar-refractivity contribution >= 4 is 41.8 Å². The quantitative estimate of drug-likeness (QED) is 0.219. The molecule has 252 valence electrons. The summed E-state index contributed by atoms with van der Waals surface area (Å²) in [5.74, 6) is -1.59. The van der Waals surface area contributed by atoms with Crippen molar-refractivity contribution in [3.05, 3.63) is 10.6 Å². The highest BCUT2D eigenvalue weighted by Crippen LogP contribution is 2.52. The van der Waals surface area contributed by atoms with Gasteiger partial charge < -0.3 is 34.4 Å². The SMILES string of the molecule is C[C@@H](O)[C@H]1C(=O)N2C(C(=O)O)=C(S[C@@H]3CCN(CC4CCN(C(=NC(=O)OC(C)(C)C)NC(=O)OC(C)(C)C)CC4)C3)[C@H](C)[C@H]12. The summed E-state index contributed by atoms with van der Waals surface area (Å²) in [5, 5.41) is 22.9. The van der Waals surface area contributed by atoms with Gasteiger partial charge in [0.15, 0.2) is 0 Å². The van der Waals surface area contributed by atoms with Crippen LogP contribution in [0.15, 0.2) is 15.6 Å². The molecular formula is C31H49N5O8S. The highest BCUT2D eigenvalue weighted by molar-refractivity contribution is 8.03. The maximum absolute atomic E-state index is 12.7. The number of hydrogen-bond donors (Lipinski definition) is 3. The van der Waals surface area contributed by atoms with Crippen LogP contribution in [0.25, 0.3) is 0 Å². The first-order chi connectivity index (χ1) is 20.8. The molecule has 3 amide bonds. The van der Waals surface area contributed by atoms with E-state index in [0.717, 1.165) is 43.8 Å². The molecule has 4 aliphatic rings. The zero-order valence-corrected chi connectivity index (χ0v) is 28.5. The van der Waals surface area contributed by atoms with Gasteiger partial charge in [-0.3, -0.25) is 10.1 Å². The molecule has 0 spiro atoms. The molecule has 4 rings (SSSR count). The molecule has 4 heterocycles. The number of carboxylic acids is 1. The number of carboxylic acid groups (broad SMARTS) is 1. The van der Waals surface area contributed by atoms with Gasteiger partial charge >= 0.3 is 18.2 Å². The summed E-state index contributed by atoms with van der Waals surface area (Å²) in [4.78, 5) is 60.4. The van der Waals surface area contributed by atoms with Crippen molar-refractivity contribution in [1.29, 1.82) is 0 Å². The Labute approximate surface area is 269 Å². The second kappa shape index (κ2) is 13.5. The number of aliphatic hydroxyl groups is 1. The van der Waals surface area contributed by atoms with E-state index in [-0.39, 0.29) is 34.8 Å². The number of β-lactam (4-membered cyclic amide) rings is 1. The van der Waals surface area contributed by atoms with Crippen LogP contribution in [0.3, 0.4) is 0 Å². The Morgan fingerprint density at radius 2 is 1.67 bits per heavy atom. The van der Waals surface area contributed by atoms with Gasteiger partial charge in [0.05, 0.1) is 18.1 Å². The molecule has 0 radical (unpaired) electrons. The van der Waals surface area contributed by atoms with Crippen LogP contribution < -0.4 is 5.32 Å². The average molecular weight is 652 g/mol. The van der Waals surface area contributed by atoms with E-state index < -0.39 is 41.4 Å². The number of likely N-dealkylation sites (tertiary alicyclic amines) is 2. The lowest BCUT2D eigenvalue weighted by Crippen LogP contribution is -2.63. The highest BCUT2D eigenvalue weighted by atomic mass is 32.2. The summed E-state index contributed by atoms with van der Waals surface area (Å²) in [7, 11) is 0. The smallest absolute Gasteiger partial charge is 0.437 e. The Morgan fingerprint density at radius 3 is 2.22 bits per heavy atom. The van der Waals surface area contributed by atoms with Gasteiger partial charge in [-0.2, -0.15) is 0 Å². The van der Waals surface area contributed by atoms with Crippen molar-refractivity contribution < 1.29 is 38.9 Å². The number of ether oxygens (including phenoxy) is 2. The maximum atomic E-state index is 12.7. The van der Waals surface area contributed by atoms with Crippen LogP contribution in [0.4, 0.5) is 9.59 Å². The van der Waals surface area contributed by atoms with E-state index >= 15 is 0 Å². The molecule has 5 atom stereocenters. The minimum Gasteiger partial charge on any atom is -0.477 e. The summed E-state index contributed by atoms with van der Waals surface area (Å²) in [6, 6.07) is -0.303. The lowest BCUT2D eigenvalue weighted by atomic mass is 9.79. The number of fused-ring (bicyclic) bond motifs is 1. The van der Waals surface area contributed by atoms with Crippen molar-refractivity contribution in [3.63, 3.8) is 0 Å². The fraction of sp³-hybridized carbons (Fsp3) is 0.774. The van der Waals surface area contributed by atoms with E-state index in [9.17, 15) is 29.4 Å². The number of nitrogens with zero attached hydrogens (tertiary/aromatic N) is 4. The third-order valence-corrected chi connectivity index (χ3v) is 10.0. The predicted octanol–water partition coefficient (Wildman–Crippen LogP) is 3.48. The normalized spacial score (nSPS) is 27.3. The molecular weight excluding hydrogens is 602 g/mol. The van der Waals surface area contributed by atoms with E-state index in [1.807, 2.05) is 11.8 Å². The summed E-state index contributed by atoms with van der Waals surface area (Å²) >= 11 is 1.57. The fourth-order valence-corrected chi connectivity index (χ4v) is 8.07. The van der Waals surface area contributed by atoms with Crippen molar-refractivity contribution in [2.24, 2.45) is 22.7 Å². The van der Waals surface area contributed by atoms with Crippen LogP contribution >= 0.6 is 11.8 Å². The number of aliphatic hydroxyl groups excluding tert-OH is 1. The molecule has 0 bridgehead atoms. The minimum atomic E-state index is -1.10. The van der Waals surface area contributed by atoms with Crippen LogP contribution in [-0.2, 0) is 19.1 Å². The molecule has 0 aromatic rings. The monoisotopic (exact) mass is 651 g/mol. The van der Waals surface area contributed by atoms with Crippen LogP contribution in [0.2, 0.25) is 0 Å². The van der Waals surface area contributed by atoms with E-state index in [0.29, 0.717) is 19.0 Å². The third kappa shape index (κ3) is 8.50. The van der Waals surface area contributed by atoms with E-state index in [4.69, 9.17) is 9.47 Å². The first-order valence-electron chi connectivity index (χ1n) is 15.8. The van der Waals surface area contributed by atoms with Gasteiger partial charge in [0, 0.05) is 42.3 Å². The molecule has 45 heavy (non-hydrogen) atoms. The third-order valence-electron chi connectivity index (χ3n) is 8.47. The molecule has 14 heteroatoms. The van der Waals surface area contributed by atoms with Gasteiger partial charge in [-0.05, 0) is 80.2 Å². The largest absolute Gasteiger partial charge is 0.477 e. The average Bonchev–Trinajstić information content (AvgIpc) is 3.42. The number of guanidine groups is 1. The van der Waals surface area contributed by atoms with E-state index in [1.165, 1.54) is 4.90 Å². The van der Waals surface area contributed by atoms with Crippen LogP contribution in [-0.4, -0.2) is 116 Å². The highest BCUT2D eigenvalue weighted by Gasteiger charge is 2.60. The number of thioether (sulfide) groups is 1. The number of aliphatic carboxylic acids is 1. The molecule has 0 aromatic carbocycles. The minimum absolute atomic E-state index is 0.0778. The van der Waals surface area contributed by atoms with Gasteiger partial charge in [0.2, 0.25) is 11.9 Å². The first-order valence-corrected chi connectivity index (χ1v) is 16.7. The number of hydrogen-bond acceptors (Lipinski definition) is 9. The standard InChI is InChI=1S/C31H49N5O8S/c1-17-22-21(18(2)37)25(38)36(22)23(26(39)40)24(17)45-20-11-12-34(16-20)15-19-9-13-35(14-10-19)27(32-28(41)43-30(3,4)5)33-29(42)44-31(6,7)8/h17-22,37H,9-16H2,1-8H3,(H,39,40)(H,32,33,41,42)/t17-,18-,20-,21-,22-/m1/s1. The summed E-state index contributed by atoms with van der Waals surface area (Å²) in [5.41, 5.74) is -1.36. The fourth-order valence-electron chi connectivity index (χ4n) is 6.55. The van der Waals surface area contributed by atoms with Gasteiger partial charge in [-0.15, -0.1) is 16.8 Å². The second-order valence-electron chi connectivity index (χ2n) is 14.5. The van der Waals surface area contributed by atoms with E-state index in [1.54, 1.807) is 60.2 Å². The Hall–Kier alpha value is -2.84. The van der Waals surface area contributed by atoms with Crippen molar-refractivity contribution in [2.75, 3.05) is 32.7 Å².